The highest BCUT2D eigenvalue weighted by molar-refractivity contribution is 5.90. The van der Waals surface area contributed by atoms with Gasteiger partial charge in [-0.2, -0.15) is 9.61 Å². The predicted molar refractivity (Wildman–Crippen MR) is 124 cm³/mol. The third-order valence-electron chi connectivity index (χ3n) is 6.15. The Morgan fingerprint density at radius 3 is 2.59 bits per heavy atom. The standard InChI is InChI=1S/C25H26N6O/c32-24(15-8-18-5-2-1-3-6-18)27-21-11-9-19(10-12-21)22-13-14-23-28-29-25(31(23)30-22)20-7-4-16-26-17-20/h4,7,9-14,16-18H,1-3,5-6,8,15H2,(H,27,32). The van der Waals surface area contributed by atoms with Crippen LogP contribution in [0.3, 0.4) is 0 Å². The number of carbonyl (C=O) groups excluding carboxylic acids is 1. The van der Waals surface area contributed by atoms with Gasteiger partial charge in [-0.1, -0.05) is 44.2 Å². The van der Waals surface area contributed by atoms with Crippen molar-refractivity contribution in [2.75, 3.05) is 5.32 Å². The summed E-state index contributed by atoms with van der Waals surface area (Å²) in [4.78, 5) is 16.5. The number of rotatable bonds is 6. The zero-order chi connectivity index (χ0) is 21.8. The molecule has 4 aromatic rings. The topological polar surface area (TPSA) is 85.1 Å². The number of anilines is 1. The maximum absolute atomic E-state index is 12.4. The Labute approximate surface area is 186 Å². The summed E-state index contributed by atoms with van der Waals surface area (Å²) in [5.74, 6) is 1.46. The number of nitrogens with zero attached hydrogens (tertiary/aromatic N) is 5. The molecule has 0 radical (unpaired) electrons. The fourth-order valence-corrected chi connectivity index (χ4v) is 4.38. The van der Waals surface area contributed by atoms with Gasteiger partial charge in [-0.25, -0.2) is 0 Å². The van der Waals surface area contributed by atoms with Crippen molar-refractivity contribution >= 4 is 17.2 Å². The van der Waals surface area contributed by atoms with E-state index in [9.17, 15) is 4.79 Å². The van der Waals surface area contributed by atoms with E-state index in [1.165, 1.54) is 32.1 Å². The minimum atomic E-state index is 0.0912. The first-order valence-corrected chi connectivity index (χ1v) is 11.3. The number of carbonyl (C=O) groups is 1. The van der Waals surface area contributed by atoms with E-state index < -0.39 is 0 Å². The number of aromatic nitrogens is 5. The van der Waals surface area contributed by atoms with Crippen molar-refractivity contribution in [2.45, 2.75) is 44.9 Å². The summed E-state index contributed by atoms with van der Waals surface area (Å²) in [5, 5.41) is 16.2. The molecule has 0 atom stereocenters. The highest BCUT2D eigenvalue weighted by atomic mass is 16.1. The number of amides is 1. The Bertz CT molecular complexity index is 1200. The molecule has 1 saturated carbocycles. The Morgan fingerprint density at radius 1 is 0.969 bits per heavy atom. The lowest BCUT2D eigenvalue weighted by Crippen LogP contribution is -2.14. The minimum Gasteiger partial charge on any atom is -0.326 e. The van der Waals surface area contributed by atoms with Gasteiger partial charge in [-0.15, -0.1) is 10.2 Å². The molecule has 7 heteroatoms. The molecule has 162 valence electrons. The highest BCUT2D eigenvalue weighted by Gasteiger charge is 2.15. The molecule has 1 aliphatic rings. The normalized spacial score (nSPS) is 14.5. The summed E-state index contributed by atoms with van der Waals surface area (Å²) in [6.07, 6.45) is 11.6. The van der Waals surface area contributed by atoms with Crippen molar-refractivity contribution in [3.63, 3.8) is 0 Å². The summed E-state index contributed by atoms with van der Waals surface area (Å²) in [6, 6.07) is 15.4. The van der Waals surface area contributed by atoms with Crippen LogP contribution >= 0.6 is 0 Å². The Morgan fingerprint density at radius 2 is 1.81 bits per heavy atom. The molecule has 1 aliphatic carbocycles. The summed E-state index contributed by atoms with van der Waals surface area (Å²) in [7, 11) is 0. The van der Waals surface area contributed by atoms with E-state index in [0.717, 1.165) is 28.9 Å². The first kappa shape index (κ1) is 20.3. The Kier molecular flexibility index (Phi) is 5.87. The smallest absolute Gasteiger partial charge is 0.224 e. The van der Waals surface area contributed by atoms with Gasteiger partial charge in [0.15, 0.2) is 11.5 Å². The zero-order valence-corrected chi connectivity index (χ0v) is 17.9. The molecule has 3 heterocycles. The maximum atomic E-state index is 12.4. The fraction of sp³-hybridized carbons (Fsp3) is 0.320. The van der Waals surface area contributed by atoms with Gasteiger partial charge in [0.2, 0.25) is 5.91 Å². The van der Waals surface area contributed by atoms with Gasteiger partial charge in [-0.3, -0.25) is 9.78 Å². The van der Waals surface area contributed by atoms with Gasteiger partial charge >= 0.3 is 0 Å². The number of hydrogen-bond donors (Lipinski definition) is 1. The van der Waals surface area contributed by atoms with Crippen molar-refractivity contribution in [1.29, 1.82) is 0 Å². The molecule has 0 unspecified atom stereocenters. The van der Waals surface area contributed by atoms with Crippen molar-refractivity contribution in [3.8, 4) is 22.6 Å². The number of pyridine rings is 1. The average molecular weight is 427 g/mol. The van der Waals surface area contributed by atoms with E-state index in [2.05, 4.69) is 20.5 Å². The third-order valence-corrected chi connectivity index (χ3v) is 6.15. The van der Waals surface area contributed by atoms with Crippen LogP contribution in [0.5, 0.6) is 0 Å². The molecule has 0 aliphatic heterocycles. The first-order chi connectivity index (χ1) is 15.8. The fourth-order valence-electron chi connectivity index (χ4n) is 4.38. The third kappa shape index (κ3) is 4.51. The molecular weight excluding hydrogens is 400 g/mol. The van der Waals surface area contributed by atoms with Gasteiger partial charge in [0.1, 0.15) is 0 Å². The van der Waals surface area contributed by atoms with E-state index in [1.54, 1.807) is 16.9 Å². The molecule has 5 rings (SSSR count). The molecule has 1 aromatic carbocycles. The molecule has 1 N–H and O–H groups in total. The van der Waals surface area contributed by atoms with Crippen molar-refractivity contribution in [3.05, 3.63) is 60.9 Å². The van der Waals surface area contributed by atoms with Crippen LogP contribution in [0.1, 0.15) is 44.9 Å². The number of hydrogen-bond acceptors (Lipinski definition) is 5. The lowest BCUT2D eigenvalue weighted by Gasteiger charge is -2.21. The summed E-state index contributed by atoms with van der Waals surface area (Å²) in [5.41, 5.74) is 4.10. The molecule has 3 aromatic heterocycles. The van der Waals surface area contributed by atoms with E-state index >= 15 is 0 Å². The van der Waals surface area contributed by atoms with E-state index in [4.69, 9.17) is 5.10 Å². The lowest BCUT2D eigenvalue weighted by atomic mass is 9.86. The highest BCUT2D eigenvalue weighted by Crippen LogP contribution is 2.27. The van der Waals surface area contributed by atoms with E-state index in [1.807, 2.05) is 48.5 Å². The van der Waals surface area contributed by atoms with Crippen LogP contribution in [0, 0.1) is 5.92 Å². The molecule has 7 nitrogen and oxygen atoms in total. The molecule has 32 heavy (non-hydrogen) atoms. The molecular formula is C25H26N6O. The Hall–Kier alpha value is -3.61. The number of benzene rings is 1. The maximum Gasteiger partial charge on any atom is 0.224 e. The molecule has 1 amide bonds. The van der Waals surface area contributed by atoms with Crippen LogP contribution in [0.15, 0.2) is 60.9 Å². The van der Waals surface area contributed by atoms with Gasteiger partial charge in [0, 0.05) is 35.6 Å². The van der Waals surface area contributed by atoms with Crippen molar-refractivity contribution in [2.24, 2.45) is 5.92 Å². The van der Waals surface area contributed by atoms with Gasteiger partial charge in [-0.05, 0) is 48.7 Å². The quantitative estimate of drug-likeness (QED) is 0.461. The second-order valence-corrected chi connectivity index (χ2v) is 8.42. The summed E-state index contributed by atoms with van der Waals surface area (Å²) in [6.45, 7) is 0. The summed E-state index contributed by atoms with van der Waals surface area (Å²) >= 11 is 0. The second kappa shape index (κ2) is 9.26. The minimum absolute atomic E-state index is 0.0912. The number of nitrogens with one attached hydrogen (secondary N) is 1. The average Bonchev–Trinajstić information content (AvgIpc) is 3.28. The SMILES string of the molecule is O=C(CCC1CCCCC1)Nc1ccc(-c2ccc3nnc(-c4cccnc4)n3n2)cc1. The monoisotopic (exact) mass is 426 g/mol. The molecule has 0 spiro atoms. The van der Waals surface area contributed by atoms with Gasteiger partial charge in [0.25, 0.3) is 0 Å². The van der Waals surface area contributed by atoms with Crippen LogP contribution in [0.4, 0.5) is 5.69 Å². The van der Waals surface area contributed by atoms with E-state index in [-0.39, 0.29) is 5.91 Å². The lowest BCUT2D eigenvalue weighted by molar-refractivity contribution is -0.116. The first-order valence-electron chi connectivity index (χ1n) is 11.3. The molecule has 0 saturated heterocycles. The van der Waals surface area contributed by atoms with Crippen molar-refractivity contribution < 1.29 is 4.79 Å². The van der Waals surface area contributed by atoms with Crippen molar-refractivity contribution in [1.82, 2.24) is 24.8 Å². The van der Waals surface area contributed by atoms with Crippen LogP contribution in [0.25, 0.3) is 28.3 Å². The summed E-state index contributed by atoms with van der Waals surface area (Å²) < 4.78 is 1.73. The van der Waals surface area contributed by atoms with Gasteiger partial charge in [0.05, 0.1) is 5.69 Å². The second-order valence-electron chi connectivity index (χ2n) is 8.42. The van der Waals surface area contributed by atoms with Crippen LogP contribution in [-0.4, -0.2) is 30.7 Å². The van der Waals surface area contributed by atoms with E-state index in [0.29, 0.717) is 23.8 Å². The molecule has 0 bridgehead atoms. The van der Waals surface area contributed by atoms with Gasteiger partial charge < -0.3 is 5.32 Å². The zero-order valence-electron chi connectivity index (χ0n) is 17.9. The largest absolute Gasteiger partial charge is 0.326 e. The molecule has 1 fully saturated rings. The number of fused-ring (bicyclic) bond motifs is 1. The van der Waals surface area contributed by atoms with Crippen LogP contribution in [0.2, 0.25) is 0 Å². The predicted octanol–water partition coefficient (Wildman–Crippen LogP) is 5.15. The Balaban J connectivity index is 1.28. The van der Waals surface area contributed by atoms with Crippen LogP contribution < -0.4 is 5.32 Å². The van der Waals surface area contributed by atoms with Crippen LogP contribution in [-0.2, 0) is 4.79 Å².